The fourth-order valence-electron chi connectivity index (χ4n) is 0.895. The van der Waals surface area contributed by atoms with Gasteiger partial charge in [0.1, 0.15) is 6.04 Å². The topological polar surface area (TPSA) is 49.3 Å². The Morgan fingerprint density at radius 1 is 1.60 bits per heavy atom. The molecule has 0 unspecified atom stereocenters. The monoisotopic (exact) mass is 305 g/mol. The van der Waals surface area contributed by atoms with Crippen LogP contribution in [0.4, 0.5) is 0 Å². The molecule has 2 N–H and O–H groups in total. The average Bonchev–Trinajstić information content (AvgIpc) is 2.12. The second-order valence-corrected chi connectivity index (χ2v) is 1.99. The summed E-state index contributed by atoms with van der Waals surface area (Å²) in [4.78, 5) is 10.1. The molecule has 0 amide bonds. The van der Waals surface area contributed by atoms with Gasteiger partial charge in [-0.15, -0.1) is 0 Å². The van der Waals surface area contributed by atoms with Crippen LogP contribution in [-0.4, -0.2) is 23.7 Å². The zero-order valence-corrected chi connectivity index (χ0v) is 8.33. The third-order valence-electron chi connectivity index (χ3n) is 1.36. The van der Waals surface area contributed by atoms with Gasteiger partial charge < -0.3 is 34.4 Å². The van der Waals surface area contributed by atoms with Gasteiger partial charge in [-0.1, -0.05) is 0 Å². The van der Waals surface area contributed by atoms with Crippen LogP contribution in [0.15, 0.2) is 0 Å². The van der Waals surface area contributed by atoms with Gasteiger partial charge >= 0.3 is 23.0 Å². The summed E-state index contributed by atoms with van der Waals surface area (Å²) in [7, 11) is 0. The van der Waals surface area contributed by atoms with Crippen LogP contribution >= 0.6 is 0 Å². The van der Waals surface area contributed by atoms with Gasteiger partial charge in [-0.05, 0) is 19.4 Å². The Morgan fingerprint density at radius 2 is 2.20 bits per heavy atom. The van der Waals surface area contributed by atoms with E-state index in [2.05, 4.69) is 5.32 Å². The average molecular weight is 306 g/mol. The molecule has 0 aromatic rings. The van der Waals surface area contributed by atoms with Crippen LogP contribution in [0.25, 0.3) is 0 Å². The summed E-state index contributed by atoms with van der Waals surface area (Å²) in [5.74, 6) is -0.720. The second-order valence-electron chi connectivity index (χ2n) is 1.99. The van der Waals surface area contributed by atoms with E-state index in [4.69, 9.17) is 5.11 Å². The minimum atomic E-state index is -0.720. The van der Waals surface area contributed by atoms with Gasteiger partial charge in [0.2, 0.25) is 0 Å². The molecular formula is C5H9CuINO2. The third-order valence-corrected chi connectivity index (χ3v) is 1.36. The summed E-state index contributed by atoms with van der Waals surface area (Å²) in [5.41, 5.74) is 0. The number of carboxylic acid groups (broad SMARTS) is 1. The first kappa shape index (κ1) is 13.3. The maximum atomic E-state index is 10.1. The fourth-order valence-corrected chi connectivity index (χ4v) is 0.895. The maximum Gasteiger partial charge on any atom is 1.00 e. The number of aliphatic carboxylic acids is 1. The zero-order chi connectivity index (χ0) is 5.98. The normalized spacial score (nSPS) is 22.6. The molecule has 64 valence electrons. The summed E-state index contributed by atoms with van der Waals surface area (Å²) in [6.45, 7) is 0.858. The quantitative estimate of drug-likeness (QED) is 0.397. The Kier molecular flexibility index (Phi) is 8.49. The molecule has 0 saturated carbocycles. The largest absolute Gasteiger partial charge is 1.00 e. The molecule has 1 heterocycles. The number of hydrogen-bond donors (Lipinski definition) is 2. The summed E-state index contributed by atoms with van der Waals surface area (Å²) < 4.78 is 0. The van der Waals surface area contributed by atoms with Gasteiger partial charge in [0.15, 0.2) is 0 Å². The third kappa shape index (κ3) is 3.75. The molecule has 0 spiro atoms. The van der Waals surface area contributed by atoms with Crippen molar-refractivity contribution in [1.29, 1.82) is 0 Å². The molecule has 1 aliphatic rings. The van der Waals surface area contributed by atoms with Crippen LogP contribution in [-0.2, 0) is 21.9 Å². The van der Waals surface area contributed by atoms with Crippen molar-refractivity contribution >= 4 is 5.97 Å². The van der Waals surface area contributed by atoms with Gasteiger partial charge in [-0.2, -0.15) is 0 Å². The number of carboxylic acids is 1. The Morgan fingerprint density at radius 3 is 2.40 bits per heavy atom. The molecule has 1 aliphatic heterocycles. The molecule has 1 rings (SSSR count). The van der Waals surface area contributed by atoms with Crippen molar-refractivity contribution in [2.75, 3.05) is 6.54 Å². The SMILES string of the molecule is O=C(O)[C@@H]1CCCN1.[Cu+].[I-]. The van der Waals surface area contributed by atoms with E-state index in [-0.39, 0.29) is 47.1 Å². The molecule has 5 heteroatoms. The summed E-state index contributed by atoms with van der Waals surface area (Å²) >= 11 is 0. The number of halogens is 1. The molecule has 0 radical (unpaired) electrons. The van der Waals surface area contributed by atoms with E-state index >= 15 is 0 Å². The van der Waals surface area contributed by atoms with Crippen LogP contribution in [0.2, 0.25) is 0 Å². The molecule has 10 heavy (non-hydrogen) atoms. The number of hydrogen-bond acceptors (Lipinski definition) is 2. The molecule has 1 atom stereocenters. The predicted molar refractivity (Wildman–Crippen MR) is 28.7 cm³/mol. The second kappa shape index (κ2) is 6.39. The van der Waals surface area contributed by atoms with E-state index < -0.39 is 5.97 Å². The molecule has 3 nitrogen and oxygen atoms in total. The van der Waals surface area contributed by atoms with Crippen molar-refractivity contribution in [1.82, 2.24) is 5.32 Å². The van der Waals surface area contributed by atoms with Crippen LogP contribution in [0.1, 0.15) is 12.8 Å². The van der Waals surface area contributed by atoms with E-state index in [9.17, 15) is 4.79 Å². The molecule has 1 saturated heterocycles. The van der Waals surface area contributed by atoms with Crippen LogP contribution in [0.3, 0.4) is 0 Å². The minimum absolute atomic E-state index is 0. The van der Waals surface area contributed by atoms with Crippen molar-refractivity contribution in [3.05, 3.63) is 0 Å². The van der Waals surface area contributed by atoms with E-state index in [0.717, 1.165) is 19.4 Å². The number of carbonyl (C=O) groups is 1. The first-order valence-electron chi connectivity index (χ1n) is 2.77. The number of nitrogens with one attached hydrogen (secondary N) is 1. The molecule has 1 fully saturated rings. The standard InChI is InChI=1S/C5H9NO2.Cu.HI/c7-5(8)4-2-1-3-6-4;;/h4,6H,1-3H2,(H,7,8);;1H/q;+1;/p-1/t4-;;/m0../s1. The van der Waals surface area contributed by atoms with Gasteiger partial charge in [0, 0.05) is 0 Å². The smallest absolute Gasteiger partial charge is 1.00 e. The van der Waals surface area contributed by atoms with Crippen molar-refractivity contribution in [3.63, 3.8) is 0 Å². The van der Waals surface area contributed by atoms with Crippen molar-refractivity contribution in [2.45, 2.75) is 18.9 Å². The van der Waals surface area contributed by atoms with Crippen LogP contribution in [0, 0.1) is 0 Å². The van der Waals surface area contributed by atoms with Crippen molar-refractivity contribution in [3.8, 4) is 0 Å². The van der Waals surface area contributed by atoms with E-state index in [1.54, 1.807) is 0 Å². The molecule has 0 aromatic carbocycles. The van der Waals surface area contributed by atoms with E-state index in [1.165, 1.54) is 0 Å². The Labute approximate surface area is 87.4 Å². The maximum absolute atomic E-state index is 10.1. The summed E-state index contributed by atoms with van der Waals surface area (Å²) in [6.07, 6.45) is 1.78. The summed E-state index contributed by atoms with van der Waals surface area (Å²) in [5, 5.41) is 11.2. The Hall–Kier alpha value is 0.679. The van der Waals surface area contributed by atoms with Crippen LogP contribution in [0.5, 0.6) is 0 Å². The van der Waals surface area contributed by atoms with Gasteiger partial charge in [0.25, 0.3) is 0 Å². The minimum Gasteiger partial charge on any atom is -1.00 e. The predicted octanol–water partition coefficient (Wildman–Crippen LogP) is -3.18. The first-order chi connectivity index (χ1) is 3.80. The van der Waals surface area contributed by atoms with E-state index in [1.807, 2.05) is 0 Å². The Balaban J connectivity index is 0. The fraction of sp³-hybridized carbons (Fsp3) is 0.800. The zero-order valence-electron chi connectivity index (χ0n) is 5.23. The van der Waals surface area contributed by atoms with Crippen molar-refractivity contribution in [2.24, 2.45) is 0 Å². The molecule has 0 bridgehead atoms. The molecule has 0 aromatic heterocycles. The van der Waals surface area contributed by atoms with Crippen LogP contribution < -0.4 is 29.3 Å². The van der Waals surface area contributed by atoms with E-state index in [0.29, 0.717) is 0 Å². The van der Waals surface area contributed by atoms with Gasteiger partial charge in [0.05, 0.1) is 0 Å². The van der Waals surface area contributed by atoms with Crippen molar-refractivity contribution < 1.29 is 50.9 Å². The summed E-state index contributed by atoms with van der Waals surface area (Å²) in [6, 6.07) is -0.269. The first-order valence-corrected chi connectivity index (χ1v) is 2.77. The van der Waals surface area contributed by atoms with Gasteiger partial charge in [-0.25, -0.2) is 0 Å². The molecule has 0 aliphatic carbocycles. The Bertz CT molecular complexity index is 106. The number of rotatable bonds is 1. The van der Waals surface area contributed by atoms with Gasteiger partial charge in [-0.3, -0.25) is 4.79 Å². The molecular weight excluding hydrogens is 297 g/mol.